The van der Waals surface area contributed by atoms with E-state index in [2.05, 4.69) is 26.9 Å². The van der Waals surface area contributed by atoms with Crippen LogP contribution in [-0.4, -0.2) is 77.1 Å². The molecule has 0 radical (unpaired) electrons. The Labute approximate surface area is 235 Å². The minimum absolute atomic E-state index is 0.173. The van der Waals surface area contributed by atoms with Crippen molar-refractivity contribution in [2.45, 2.75) is 38.4 Å². The van der Waals surface area contributed by atoms with Gasteiger partial charge in [-0.2, -0.15) is 0 Å². The predicted octanol–water partition coefficient (Wildman–Crippen LogP) is 2.97. The molecule has 2 N–H and O–H groups in total. The molecule has 1 aliphatic heterocycles. The Bertz CT molecular complexity index is 1740. The first kappa shape index (κ1) is 25.6. The topological polar surface area (TPSA) is 122 Å². The number of nitrogens with zero attached hydrogens (tertiary/aromatic N) is 8. The zero-order valence-corrected chi connectivity index (χ0v) is 22.9. The molecule has 0 bridgehead atoms. The number of imidazole rings is 1. The summed E-state index contributed by atoms with van der Waals surface area (Å²) in [6.45, 7) is 2.01. The van der Waals surface area contributed by atoms with Crippen LogP contribution in [0.1, 0.15) is 28.9 Å². The Kier molecular flexibility index (Phi) is 6.41. The van der Waals surface area contributed by atoms with Crippen LogP contribution in [0, 0.1) is 5.92 Å². The number of benzene rings is 1. The third-order valence-corrected chi connectivity index (χ3v) is 8.04. The normalized spacial score (nSPS) is 16.1. The second-order valence-electron chi connectivity index (χ2n) is 11.1. The minimum atomic E-state index is -0.691. The van der Waals surface area contributed by atoms with E-state index in [0.29, 0.717) is 43.1 Å². The summed E-state index contributed by atoms with van der Waals surface area (Å²) in [5, 5.41) is 8.80. The number of nitrogens with two attached hydrogens (primary N) is 1. The zero-order valence-electron chi connectivity index (χ0n) is 22.9. The lowest BCUT2D eigenvalue weighted by Crippen LogP contribution is -2.45. The number of aryl methyl sites for hydroxylation is 1. The molecule has 0 spiro atoms. The highest BCUT2D eigenvalue weighted by molar-refractivity contribution is 5.99. The summed E-state index contributed by atoms with van der Waals surface area (Å²) in [4.78, 5) is 24.7. The molecule has 1 atom stereocenters. The molecule has 41 heavy (non-hydrogen) atoms. The molecule has 2 aliphatic rings. The maximum absolute atomic E-state index is 13.2. The highest BCUT2D eigenvalue weighted by atomic mass is 19.1. The highest BCUT2D eigenvalue weighted by Gasteiger charge is 2.30. The molecule has 212 valence electrons. The van der Waals surface area contributed by atoms with Crippen LogP contribution in [0.25, 0.3) is 33.6 Å². The molecular formula is C29H32FN9O2. The van der Waals surface area contributed by atoms with Gasteiger partial charge in [0.05, 0.1) is 35.1 Å². The molecule has 1 aromatic carbocycles. The number of halogens is 1. The lowest BCUT2D eigenvalue weighted by molar-refractivity contribution is 0.0723. The molecule has 1 saturated carbocycles. The molecule has 0 saturated heterocycles. The number of carbonyl (C=O) groups excluding carboxylic acids is 1. The molecule has 12 heteroatoms. The Morgan fingerprint density at radius 2 is 2.00 bits per heavy atom. The van der Waals surface area contributed by atoms with E-state index in [1.165, 1.54) is 12.8 Å². The monoisotopic (exact) mass is 557 g/mol. The fraction of sp³-hybridized carbons (Fsp3) is 0.414. The summed E-state index contributed by atoms with van der Waals surface area (Å²) in [6, 6.07) is 9.42. The van der Waals surface area contributed by atoms with Gasteiger partial charge in [-0.1, -0.05) is 12.1 Å². The smallest absolute Gasteiger partial charge is 0.255 e. The number of hydrogen-bond acceptors (Lipinski definition) is 7. The van der Waals surface area contributed by atoms with Gasteiger partial charge in [-0.15, -0.1) is 10.2 Å². The van der Waals surface area contributed by atoms with Gasteiger partial charge < -0.3 is 29.1 Å². The van der Waals surface area contributed by atoms with Crippen molar-refractivity contribution >= 4 is 28.0 Å². The van der Waals surface area contributed by atoms with E-state index in [4.69, 9.17) is 20.4 Å². The number of carbonyl (C=O) groups is 1. The second kappa shape index (κ2) is 10.3. The van der Waals surface area contributed by atoms with E-state index in [0.717, 1.165) is 46.1 Å². The van der Waals surface area contributed by atoms with Gasteiger partial charge in [0.1, 0.15) is 37.2 Å². The van der Waals surface area contributed by atoms with Gasteiger partial charge in [-0.05, 0) is 37.0 Å². The van der Waals surface area contributed by atoms with Crippen LogP contribution in [0.2, 0.25) is 0 Å². The fourth-order valence-electron chi connectivity index (χ4n) is 5.71. The summed E-state index contributed by atoms with van der Waals surface area (Å²) in [5.41, 5.74) is 10.5. The molecule has 5 aromatic rings. The number of pyridine rings is 1. The van der Waals surface area contributed by atoms with Gasteiger partial charge in [0.2, 0.25) is 0 Å². The van der Waals surface area contributed by atoms with Gasteiger partial charge in [-0.3, -0.25) is 4.79 Å². The maximum atomic E-state index is 13.2. The average molecular weight is 558 g/mol. The first-order chi connectivity index (χ1) is 20.0. The third-order valence-electron chi connectivity index (χ3n) is 8.04. The van der Waals surface area contributed by atoms with E-state index in [1.54, 1.807) is 17.6 Å². The van der Waals surface area contributed by atoms with E-state index in [9.17, 15) is 9.18 Å². The molecule has 1 fully saturated rings. The molecule has 1 amide bonds. The van der Waals surface area contributed by atoms with E-state index in [1.807, 2.05) is 34.4 Å². The SMILES string of the molecule is Cn1c(-c2cc3cccc(OCCn4cnnc4)c3n2CC2CC2)nc2cc3c(nc21)CCN(C[C@H](N)CF)C3=O. The molecule has 11 nitrogen and oxygen atoms in total. The molecule has 0 unspecified atom stereocenters. The highest BCUT2D eigenvalue weighted by Crippen LogP contribution is 2.39. The van der Waals surface area contributed by atoms with Crippen molar-refractivity contribution in [2.75, 3.05) is 26.4 Å². The van der Waals surface area contributed by atoms with Crippen LogP contribution in [0.5, 0.6) is 5.75 Å². The van der Waals surface area contributed by atoms with E-state index < -0.39 is 12.7 Å². The van der Waals surface area contributed by atoms with Crippen molar-refractivity contribution < 1.29 is 13.9 Å². The standard InChI is InChI=1S/C29H32FN9O2/c1-36-27-23(12-21-22(34-27)7-8-38(29(21)40)15-20(31)13-30)35-28(36)24-11-19-3-2-4-25(26(19)39(24)14-18-5-6-18)41-10-9-37-16-32-33-17-37/h2-4,11-12,16-18,20H,5-10,13-15,31H2,1H3/t20-/m1/s1. The quantitative estimate of drug-likeness (QED) is 0.280. The van der Waals surface area contributed by atoms with Crippen molar-refractivity contribution in [1.29, 1.82) is 0 Å². The number of para-hydroxylation sites is 1. The Hall–Kier alpha value is -4.32. The van der Waals surface area contributed by atoms with E-state index >= 15 is 0 Å². The minimum Gasteiger partial charge on any atom is -0.490 e. The number of rotatable bonds is 10. The first-order valence-electron chi connectivity index (χ1n) is 14.0. The number of amides is 1. The van der Waals surface area contributed by atoms with Crippen molar-refractivity contribution in [3.63, 3.8) is 0 Å². The summed E-state index contributed by atoms with van der Waals surface area (Å²) in [6.07, 6.45) is 6.36. The van der Waals surface area contributed by atoms with E-state index in [-0.39, 0.29) is 12.5 Å². The van der Waals surface area contributed by atoms with Gasteiger partial charge >= 0.3 is 0 Å². The van der Waals surface area contributed by atoms with Crippen molar-refractivity contribution in [3.05, 3.63) is 54.2 Å². The predicted molar refractivity (Wildman–Crippen MR) is 151 cm³/mol. The molecule has 1 aliphatic carbocycles. The Morgan fingerprint density at radius 1 is 1.17 bits per heavy atom. The van der Waals surface area contributed by atoms with Gasteiger partial charge in [0, 0.05) is 38.5 Å². The van der Waals surface area contributed by atoms with Gasteiger partial charge in [-0.25, -0.2) is 14.4 Å². The summed E-state index contributed by atoms with van der Waals surface area (Å²) in [7, 11) is 1.97. The second-order valence-corrected chi connectivity index (χ2v) is 11.1. The van der Waals surface area contributed by atoms with Crippen LogP contribution in [-0.2, 0) is 26.6 Å². The first-order valence-corrected chi connectivity index (χ1v) is 14.0. The molecule has 5 heterocycles. The van der Waals surface area contributed by atoms with Crippen molar-refractivity contribution in [2.24, 2.45) is 18.7 Å². The Balaban J connectivity index is 1.27. The van der Waals surface area contributed by atoms with Crippen LogP contribution in [0.15, 0.2) is 43.0 Å². The molecule has 7 rings (SSSR count). The largest absolute Gasteiger partial charge is 0.490 e. The van der Waals surface area contributed by atoms with Crippen LogP contribution >= 0.6 is 0 Å². The van der Waals surface area contributed by atoms with Crippen molar-refractivity contribution in [3.8, 4) is 17.3 Å². The number of ether oxygens (including phenoxy) is 1. The number of aromatic nitrogens is 7. The van der Waals surface area contributed by atoms with Crippen LogP contribution in [0.3, 0.4) is 0 Å². The van der Waals surface area contributed by atoms with Crippen molar-refractivity contribution in [1.82, 2.24) is 38.8 Å². The lowest BCUT2D eigenvalue weighted by Gasteiger charge is -2.29. The number of alkyl halides is 1. The van der Waals surface area contributed by atoms with Gasteiger partial charge in [0.25, 0.3) is 5.91 Å². The molecular weight excluding hydrogens is 525 g/mol. The summed E-state index contributed by atoms with van der Waals surface area (Å²) < 4.78 is 25.5. The average Bonchev–Trinajstić information content (AvgIpc) is 3.35. The summed E-state index contributed by atoms with van der Waals surface area (Å²) >= 11 is 0. The molecule has 4 aromatic heterocycles. The fourth-order valence-corrected chi connectivity index (χ4v) is 5.71. The number of hydrogen-bond donors (Lipinski definition) is 1. The summed E-state index contributed by atoms with van der Waals surface area (Å²) in [5.74, 6) is 2.06. The number of fused-ring (bicyclic) bond motifs is 3. The zero-order chi connectivity index (χ0) is 28.1. The maximum Gasteiger partial charge on any atom is 0.255 e. The van der Waals surface area contributed by atoms with Gasteiger partial charge in [0.15, 0.2) is 11.5 Å². The van der Waals surface area contributed by atoms with Crippen LogP contribution in [0.4, 0.5) is 4.39 Å². The Morgan fingerprint density at radius 3 is 2.78 bits per heavy atom. The van der Waals surface area contributed by atoms with Crippen LogP contribution < -0.4 is 10.5 Å². The lowest BCUT2D eigenvalue weighted by atomic mass is 10.0. The third kappa shape index (κ3) is 4.71.